The van der Waals surface area contributed by atoms with Crippen LogP contribution in [0.5, 0.6) is 0 Å². The highest BCUT2D eigenvalue weighted by Gasteiger charge is 2.57. The van der Waals surface area contributed by atoms with Gasteiger partial charge in [0, 0.05) is 32.9 Å². The minimum Gasteiger partial charge on any atom is -0.115 e. The van der Waals surface area contributed by atoms with E-state index in [0.29, 0.717) is 0 Å². The Morgan fingerprint density at radius 3 is 0.789 bits per heavy atom. The van der Waals surface area contributed by atoms with Gasteiger partial charge in [-0.2, -0.15) is 0 Å². The maximum atomic E-state index is 6.29. The molecule has 0 heterocycles. The molecule has 0 N–H and O–H groups in total. The smallest absolute Gasteiger partial charge is 0.0246 e. The summed E-state index contributed by atoms with van der Waals surface area (Å²) in [6, 6.07) is 21.3. The molecule has 0 heteroatoms. The maximum absolute atomic E-state index is 6.29. The van der Waals surface area contributed by atoms with Crippen LogP contribution in [0, 0.1) is 37.0 Å². The fourth-order valence-electron chi connectivity index (χ4n) is 11.9. The van der Waals surface area contributed by atoms with Gasteiger partial charge in [-0.25, -0.2) is 0 Å². The van der Waals surface area contributed by atoms with Crippen molar-refractivity contribution in [3.63, 3.8) is 0 Å². The van der Waals surface area contributed by atoms with Crippen LogP contribution in [0.15, 0.2) is 54.6 Å². The number of hydrogen-bond donors (Lipinski definition) is 0. The van der Waals surface area contributed by atoms with Crippen molar-refractivity contribution in [2.75, 3.05) is 0 Å². The quantitative estimate of drug-likeness (QED) is 0.0889. The molecule has 0 radical (unpaired) electrons. The van der Waals surface area contributed by atoms with E-state index in [1.807, 2.05) is 0 Å². The highest BCUT2D eigenvalue weighted by Crippen LogP contribution is 2.71. The molecule has 4 aromatic carbocycles. The van der Waals surface area contributed by atoms with E-state index in [1.165, 1.54) is 88.6 Å². The highest BCUT2D eigenvalue weighted by atomic mass is 14.6. The predicted molar refractivity (Wildman–Crippen MR) is 246 cm³/mol. The van der Waals surface area contributed by atoms with Crippen LogP contribution < -0.4 is 0 Å². The number of hydrogen-bond acceptors (Lipinski definition) is 0. The lowest BCUT2D eigenvalue weighted by atomic mass is 9.63. The number of rotatable bonds is 18. The van der Waals surface area contributed by atoms with Crippen molar-refractivity contribution in [3.8, 4) is 70.4 Å². The fraction of sp³-hybridized carbons (Fsp3) is 0.474. The van der Waals surface area contributed by atoms with Crippen LogP contribution >= 0.6 is 0 Å². The van der Waals surface area contributed by atoms with Crippen molar-refractivity contribution in [2.24, 2.45) is 0 Å². The van der Waals surface area contributed by atoms with E-state index in [-0.39, 0.29) is 16.2 Å². The second-order valence-corrected chi connectivity index (χ2v) is 17.8. The molecule has 0 atom stereocenters. The zero-order valence-electron chi connectivity index (χ0n) is 36.2. The Balaban J connectivity index is 1.80. The summed E-state index contributed by atoms with van der Waals surface area (Å²) in [6.07, 6.45) is 39.7. The van der Waals surface area contributed by atoms with Gasteiger partial charge >= 0.3 is 0 Å². The van der Waals surface area contributed by atoms with E-state index in [2.05, 4.69) is 114 Å². The summed E-state index contributed by atoms with van der Waals surface area (Å²) in [5.74, 6) is 9.26. The molecule has 0 nitrogen and oxygen atoms in total. The second-order valence-electron chi connectivity index (χ2n) is 17.8. The predicted octanol–water partition coefficient (Wildman–Crippen LogP) is 15.6. The summed E-state index contributed by atoms with van der Waals surface area (Å²) in [7, 11) is 0. The van der Waals surface area contributed by atoms with Gasteiger partial charge in [0.1, 0.15) is 0 Å². The third kappa shape index (κ3) is 6.23. The molecule has 0 spiro atoms. The molecule has 0 fully saturated rings. The van der Waals surface area contributed by atoms with Crippen molar-refractivity contribution in [2.45, 2.75) is 173 Å². The van der Waals surface area contributed by atoms with Crippen LogP contribution in [0.4, 0.5) is 0 Å². The number of fused-ring (bicyclic) bond motifs is 12. The van der Waals surface area contributed by atoms with Gasteiger partial charge in [-0.3, -0.25) is 0 Å². The third-order valence-corrected chi connectivity index (χ3v) is 14.6. The van der Waals surface area contributed by atoms with Crippen LogP contribution in [-0.4, -0.2) is 0 Å². The first-order chi connectivity index (χ1) is 27.8. The van der Waals surface area contributed by atoms with Gasteiger partial charge in [-0.05, 0) is 142 Å². The lowest BCUT2D eigenvalue weighted by molar-refractivity contribution is 0.401. The minimum absolute atomic E-state index is 0.143. The van der Waals surface area contributed by atoms with E-state index in [4.69, 9.17) is 19.3 Å². The van der Waals surface area contributed by atoms with E-state index >= 15 is 0 Å². The molecular weight excluding hydrogens is 685 g/mol. The third-order valence-electron chi connectivity index (χ3n) is 14.6. The Labute approximate surface area is 347 Å². The molecule has 4 aromatic rings. The standard InChI is InChI=1S/C57H66/c1-10-19-31-55(32-20-11-2)46-37-40(16-7)25-28-43(46)49-52(55)50-44-29-26-41(17-8)38-47(44)56(33-21-12-3,34-22-13-4)54(50)51-45-30-27-42(18-9)39-48(45)57(53(49)51,35-23-14-5)36-24-15-6/h7-9,25-30,37-39H,10-15,19-24,31-36H2,1-6H3. The minimum atomic E-state index is -0.143. The van der Waals surface area contributed by atoms with Gasteiger partial charge < -0.3 is 0 Å². The second kappa shape index (κ2) is 16.8. The van der Waals surface area contributed by atoms with Crippen LogP contribution in [0.1, 0.15) is 207 Å². The number of terminal acetylenes is 3. The average molecular weight is 751 g/mol. The summed E-state index contributed by atoms with van der Waals surface area (Å²) in [5, 5.41) is 0. The molecule has 3 aliphatic rings. The summed E-state index contributed by atoms with van der Waals surface area (Å²) in [6.45, 7) is 14.2. The molecule has 0 saturated carbocycles. The molecule has 0 amide bonds. The number of unbranched alkanes of at least 4 members (excludes halogenated alkanes) is 6. The first-order valence-electron chi connectivity index (χ1n) is 22.9. The van der Waals surface area contributed by atoms with E-state index in [9.17, 15) is 0 Å². The van der Waals surface area contributed by atoms with Crippen molar-refractivity contribution >= 4 is 0 Å². The van der Waals surface area contributed by atoms with E-state index in [1.54, 1.807) is 16.7 Å². The summed E-state index contributed by atoms with van der Waals surface area (Å²) >= 11 is 0. The molecule has 3 aliphatic carbocycles. The number of benzene rings is 4. The topological polar surface area (TPSA) is 0 Å². The zero-order chi connectivity index (χ0) is 40.4. The zero-order valence-corrected chi connectivity index (χ0v) is 36.2. The van der Waals surface area contributed by atoms with Crippen LogP contribution in [-0.2, 0) is 16.2 Å². The first-order valence-corrected chi connectivity index (χ1v) is 22.9. The Morgan fingerprint density at radius 2 is 0.596 bits per heavy atom. The average Bonchev–Trinajstić information content (AvgIpc) is 3.80. The molecule has 57 heavy (non-hydrogen) atoms. The van der Waals surface area contributed by atoms with Crippen molar-refractivity contribution in [3.05, 3.63) is 105 Å². The SMILES string of the molecule is C#Cc1ccc2c(c1)C(CCCC)(CCCC)c1c-2c2c(c3c1-c1ccc(C#C)cc1C3(CCCC)CCCC)-c1ccc(C#C)cc1C2(CCCC)CCCC. The molecule has 0 bridgehead atoms. The normalized spacial score (nSPS) is 15.4. The van der Waals surface area contributed by atoms with Gasteiger partial charge in [0.15, 0.2) is 0 Å². The largest absolute Gasteiger partial charge is 0.115 e. The van der Waals surface area contributed by atoms with Crippen LogP contribution in [0.3, 0.4) is 0 Å². The van der Waals surface area contributed by atoms with Crippen molar-refractivity contribution in [1.29, 1.82) is 0 Å². The van der Waals surface area contributed by atoms with Gasteiger partial charge in [0.2, 0.25) is 0 Å². The summed E-state index contributed by atoms with van der Waals surface area (Å²) in [4.78, 5) is 0. The van der Waals surface area contributed by atoms with E-state index in [0.717, 1.165) is 93.7 Å². The first kappa shape index (κ1) is 40.7. The Kier molecular flexibility index (Phi) is 12.0. The Bertz CT molecular complexity index is 1970. The molecule has 0 aromatic heterocycles. The lowest BCUT2D eigenvalue weighted by Gasteiger charge is -2.39. The molecular formula is C57H66. The van der Waals surface area contributed by atoms with Gasteiger partial charge in [-0.15, -0.1) is 19.3 Å². The molecule has 7 rings (SSSR count). The summed E-state index contributed by atoms with van der Waals surface area (Å²) < 4.78 is 0. The van der Waals surface area contributed by atoms with E-state index < -0.39 is 0 Å². The maximum Gasteiger partial charge on any atom is 0.0246 e. The van der Waals surface area contributed by atoms with Crippen LogP contribution in [0.25, 0.3) is 33.4 Å². The van der Waals surface area contributed by atoms with Crippen molar-refractivity contribution in [1.82, 2.24) is 0 Å². The Morgan fingerprint density at radius 1 is 0.368 bits per heavy atom. The highest BCUT2D eigenvalue weighted by molar-refractivity contribution is 6.05. The van der Waals surface area contributed by atoms with Gasteiger partial charge in [-0.1, -0.05) is 155 Å². The lowest BCUT2D eigenvalue weighted by Crippen LogP contribution is -2.31. The van der Waals surface area contributed by atoms with Gasteiger partial charge in [0.25, 0.3) is 0 Å². The molecule has 0 saturated heterocycles. The Hall–Kier alpha value is -4.44. The van der Waals surface area contributed by atoms with Crippen molar-refractivity contribution < 1.29 is 0 Å². The summed E-state index contributed by atoms with van der Waals surface area (Å²) in [5.41, 5.74) is 20.8. The van der Waals surface area contributed by atoms with Crippen LogP contribution in [0.2, 0.25) is 0 Å². The fourth-order valence-corrected chi connectivity index (χ4v) is 11.9. The molecule has 294 valence electrons. The van der Waals surface area contributed by atoms with Gasteiger partial charge in [0.05, 0.1) is 0 Å². The molecule has 0 unspecified atom stereocenters. The molecule has 0 aliphatic heterocycles. The monoisotopic (exact) mass is 751 g/mol.